The van der Waals surface area contributed by atoms with Crippen LogP contribution in [-0.2, 0) is 0 Å². The molecule has 16 heavy (non-hydrogen) atoms. The Hall–Kier alpha value is -0.0800. The van der Waals surface area contributed by atoms with Crippen molar-refractivity contribution < 1.29 is 5.11 Å². The molecule has 0 aromatic heterocycles. The first kappa shape index (κ1) is 14.0. The summed E-state index contributed by atoms with van der Waals surface area (Å²) in [5.41, 5.74) is -0.154. The molecule has 0 radical (unpaired) electrons. The van der Waals surface area contributed by atoms with Gasteiger partial charge in [-0.25, -0.2) is 0 Å². The number of rotatable bonds is 5. The molecule has 1 fully saturated rings. The van der Waals surface area contributed by atoms with Gasteiger partial charge in [0.05, 0.1) is 6.10 Å². The third kappa shape index (κ3) is 4.06. The Kier molecular flexibility index (Phi) is 5.26. The zero-order valence-electron chi connectivity index (χ0n) is 11.4. The van der Waals surface area contributed by atoms with Crippen LogP contribution in [0.15, 0.2) is 0 Å². The molecule has 1 saturated carbocycles. The molecule has 2 heteroatoms. The fourth-order valence-corrected chi connectivity index (χ4v) is 2.51. The van der Waals surface area contributed by atoms with E-state index in [-0.39, 0.29) is 11.6 Å². The smallest absolute Gasteiger partial charge is 0.0688 e. The number of nitrogens with one attached hydrogen (secondary N) is 1. The third-order valence-corrected chi connectivity index (χ3v) is 4.36. The number of hydrogen-bond acceptors (Lipinski definition) is 2. The van der Waals surface area contributed by atoms with Crippen LogP contribution in [0.2, 0.25) is 0 Å². The van der Waals surface area contributed by atoms with Crippen LogP contribution in [-0.4, -0.2) is 23.3 Å². The maximum Gasteiger partial charge on any atom is 0.0688 e. The fourth-order valence-electron chi connectivity index (χ4n) is 2.51. The lowest BCUT2D eigenvalue weighted by atomic mass is 9.80. The number of aliphatic hydroxyl groups is 1. The summed E-state index contributed by atoms with van der Waals surface area (Å²) in [5.74, 6) is 1.76. The van der Waals surface area contributed by atoms with Crippen LogP contribution in [0.3, 0.4) is 0 Å². The molecule has 0 saturated heterocycles. The Morgan fingerprint density at radius 2 is 1.94 bits per heavy atom. The molecule has 1 rings (SSSR count). The van der Waals surface area contributed by atoms with Gasteiger partial charge in [0.2, 0.25) is 0 Å². The highest BCUT2D eigenvalue weighted by molar-refractivity contribution is 4.85. The van der Waals surface area contributed by atoms with Crippen LogP contribution in [0.25, 0.3) is 0 Å². The highest BCUT2D eigenvalue weighted by Crippen LogP contribution is 2.30. The molecule has 3 atom stereocenters. The van der Waals surface area contributed by atoms with Crippen LogP contribution in [0.4, 0.5) is 0 Å². The average molecular weight is 227 g/mol. The van der Waals surface area contributed by atoms with Crippen LogP contribution >= 0.6 is 0 Å². The van der Waals surface area contributed by atoms with Crippen LogP contribution in [0.1, 0.15) is 59.8 Å². The van der Waals surface area contributed by atoms with Crippen molar-refractivity contribution in [2.45, 2.75) is 71.4 Å². The van der Waals surface area contributed by atoms with E-state index in [0.29, 0.717) is 0 Å². The van der Waals surface area contributed by atoms with E-state index >= 15 is 0 Å². The van der Waals surface area contributed by atoms with Crippen molar-refractivity contribution in [1.29, 1.82) is 0 Å². The maximum absolute atomic E-state index is 9.65. The van der Waals surface area contributed by atoms with Crippen molar-refractivity contribution in [2.75, 3.05) is 6.54 Å². The van der Waals surface area contributed by atoms with E-state index in [9.17, 15) is 5.11 Å². The third-order valence-electron chi connectivity index (χ3n) is 4.36. The second kappa shape index (κ2) is 6.02. The second-order valence-electron chi connectivity index (χ2n) is 6.09. The summed E-state index contributed by atoms with van der Waals surface area (Å²) in [6.07, 6.45) is 6.58. The molecule has 0 amide bonds. The lowest BCUT2D eigenvalue weighted by Crippen LogP contribution is -2.50. The summed E-state index contributed by atoms with van der Waals surface area (Å²) in [6.45, 7) is 9.40. The van der Waals surface area contributed by atoms with E-state index in [4.69, 9.17) is 0 Å². The Labute approximate surface area is 101 Å². The zero-order chi connectivity index (χ0) is 12.2. The van der Waals surface area contributed by atoms with Gasteiger partial charge in [-0.3, -0.25) is 0 Å². The van der Waals surface area contributed by atoms with E-state index in [2.05, 4.69) is 26.1 Å². The first-order chi connectivity index (χ1) is 7.45. The average Bonchev–Trinajstić information content (AvgIpc) is 2.26. The summed E-state index contributed by atoms with van der Waals surface area (Å²) < 4.78 is 0. The Morgan fingerprint density at radius 1 is 1.31 bits per heavy atom. The normalized spacial score (nSPS) is 29.1. The van der Waals surface area contributed by atoms with E-state index in [1.165, 1.54) is 32.1 Å². The molecule has 3 unspecified atom stereocenters. The molecule has 1 aliphatic carbocycles. The fraction of sp³-hybridized carbons (Fsp3) is 1.00. The van der Waals surface area contributed by atoms with Crippen molar-refractivity contribution in [3.05, 3.63) is 0 Å². The molecule has 2 nitrogen and oxygen atoms in total. The predicted molar refractivity (Wildman–Crippen MR) is 69.5 cm³/mol. The first-order valence-electron chi connectivity index (χ1n) is 6.88. The molecule has 0 aromatic rings. The lowest BCUT2D eigenvalue weighted by Gasteiger charge is -2.34. The largest absolute Gasteiger partial charge is 0.392 e. The molecule has 0 aromatic carbocycles. The molecule has 0 spiro atoms. The van der Waals surface area contributed by atoms with Gasteiger partial charge in [0.1, 0.15) is 0 Å². The molecular formula is C14H29NO. The Balaban J connectivity index is 2.32. The van der Waals surface area contributed by atoms with Gasteiger partial charge in [-0.2, -0.15) is 0 Å². The standard InChI is InChI=1S/C14H29NO/c1-5-12-7-6-8-13(9-12)10-15-14(3,4)11(2)16/h11-13,15-16H,5-10H2,1-4H3. The Morgan fingerprint density at radius 3 is 2.50 bits per heavy atom. The molecular weight excluding hydrogens is 198 g/mol. The van der Waals surface area contributed by atoms with E-state index < -0.39 is 0 Å². The number of hydrogen-bond donors (Lipinski definition) is 2. The molecule has 0 aliphatic heterocycles. The SMILES string of the molecule is CCC1CCCC(CNC(C)(C)C(C)O)C1. The molecule has 1 aliphatic rings. The van der Waals surface area contributed by atoms with Gasteiger partial charge in [-0.05, 0) is 52.0 Å². The maximum atomic E-state index is 9.65. The number of aliphatic hydroxyl groups excluding tert-OH is 1. The van der Waals surface area contributed by atoms with Crippen LogP contribution < -0.4 is 5.32 Å². The molecule has 0 bridgehead atoms. The Bertz CT molecular complexity index is 201. The summed E-state index contributed by atoms with van der Waals surface area (Å²) in [7, 11) is 0. The van der Waals surface area contributed by atoms with Crippen molar-refractivity contribution in [2.24, 2.45) is 11.8 Å². The quantitative estimate of drug-likeness (QED) is 0.757. The van der Waals surface area contributed by atoms with Crippen molar-refractivity contribution in [1.82, 2.24) is 5.32 Å². The highest BCUT2D eigenvalue weighted by atomic mass is 16.3. The first-order valence-corrected chi connectivity index (χ1v) is 6.88. The minimum absolute atomic E-state index is 0.154. The predicted octanol–water partition coefficient (Wildman–Crippen LogP) is 2.95. The topological polar surface area (TPSA) is 32.3 Å². The highest BCUT2D eigenvalue weighted by Gasteiger charge is 2.26. The van der Waals surface area contributed by atoms with E-state index in [1.807, 2.05) is 6.92 Å². The van der Waals surface area contributed by atoms with Crippen molar-refractivity contribution >= 4 is 0 Å². The minimum atomic E-state index is -0.293. The van der Waals surface area contributed by atoms with Crippen molar-refractivity contribution in [3.63, 3.8) is 0 Å². The monoisotopic (exact) mass is 227 g/mol. The summed E-state index contributed by atoms with van der Waals surface area (Å²) in [6, 6.07) is 0. The lowest BCUT2D eigenvalue weighted by molar-refractivity contribution is 0.0899. The summed E-state index contributed by atoms with van der Waals surface area (Å²) in [5, 5.41) is 13.2. The van der Waals surface area contributed by atoms with Gasteiger partial charge in [0.15, 0.2) is 0 Å². The van der Waals surface area contributed by atoms with Crippen LogP contribution in [0.5, 0.6) is 0 Å². The van der Waals surface area contributed by atoms with Crippen molar-refractivity contribution in [3.8, 4) is 0 Å². The molecule has 0 heterocycles. The van der Waals surface area contributed by atoms with Gasteiger partial charge >= 0.3 is 0 Å². The second-order valence-corrected chi connectivity index (χ2v) is 6.09. The minimum Gasteiger partial charge on any atom is -0.392 e. The van der Waals surface area contributed by atoms with E-state index in [0.717, 1.165) is 18.4 Å². The van der Waals surface area contributed by atoms with Crippen LogP contribution in [0, 0.1) is 11.8 Å². The van der Waals surface area contributed by atoms with Gasteiger partial charge in [0, 0.05) is 5.54 Å². The summed E-state index contributed by atoms with van der Waals surface area (Å²) in [4.78, 5) is 0. The van der Waals surface area contributed by atoms with E-state index in [1.54, 1.807) is 0 Å². The van der Waals surface area contributed by atoms with Gasteiger partial charge in [-0.1, -0.05) is 26.2 Å². The molecule has 96 valence electrons. The summed E-state index contributed by atoms with van der Waals surface area (Å²) >= 11 is 0. The van der Waals surface area contributed by atoms with Gasteiger partial charge in [0.25, 0.3) is 0 Å². The molecule has 2 N–H and O–H groups in total. The zero-order valence-corrected chi connectivity index (χ0v) is 11.4. The van der Waals surface area contributed by atoms with Gasteiger partial charge in [-0.15, -0.1) is 0 Å². The van der Waals surface area contributed by atoms with Gasteiger partial charge < -0.3 is 10.4 Å².